The van der Waals surface area contributed by atoms with Crippen molar-refractivity contribution in [2.24, 2.45) is 4.99 Å². The number of hydrogen-bond donors (Lipinski definition) is 3. The Labute approximate surface area is 206 Å². The fourth-order valence-electron chi connectivity index (χ4n) is 3.43. The number of nitrogens with zero attached hydrogens (tertiary/aromatic N) is 1. The third-order valence-corrected chi connectivity index (χ3v) is 6.84. The van der Waals surface area contributed by atoms with Gasteiger partial charge in [-0.2, -0.15) is 0 Å². The van der Waals surface area contributed by atoms with Crippen molar-refractivity contribution in [2.75, 3.05) is 33.9 Å². The van der Waals surface area contributed by atoms with E-state index in [2.05, 4.69) is 20.3 Å². The van der Waals surface area contributed by atoms with Gasteiger partial charge in [-0.3, -0.25) is 4.99 Å². The molecule has 176 valence electrons. The van der Waals surface area contributed by atoms with Gasteiger partial charge in [0.25, 0.3) is 0 Å². The molecule has 0 bridgehead atoms. The minimum Gasteiger partial charge on any atom is -0.383 e. The molecule has 1 saturated carbocycles. The topological polar surface area (TPSA) is 91.8 Å². The molecule has 0 amide bonds. The maximum Gasteiger partial charge on any atom is 0.240 e. The Kier molecular flexibility index (Phi) is 9.86. The molecule has 7 nitrogen and oxygen atoms in total. The van der Waals surface area contributed by atoms with Crippen LogP contribution in [0, 0.1) is 5.82 Å². The van der Waals surface area contributed by atoms with E-state index in [1.807, 2.05) is 18.2 Å². The molecule has 0 atom stereocenters. The quantitative estimate of drug-likeness (QED) is 0.175. The van der Waals surface area contributed by atoms with Gasteiger partial charge in [-0.05, 0) is 42.2 Å². The van der Waals surface area contributed by atoms with Crippen molar-refractivity contribution in [3.63, 3.8) is 0 Å². The van der Waals surface area contributed by atoms with E-state index in [0.717, 1.165) is 24.0 Å². The van der Waals surface area contributed by atoms with Crippen LogP contribution in [0.2, 0.25) is 0 Å². The van der Waals surface area contributed by atoms with Gasteiger partial charge in [-0.15, -0.1) is 24.0 Å². The number of rotatable bonds is 10. The number of sulfonamides is 1. The highest BCUT2D eigenvalue weighted by molar-refractivity contribution is 14.0. The van der Waals surface area contributed by atoms with Crippen molar-refractivity contribution in [3.05, 3.63) is 65.5 Å². The summed E-state index contributed by atoms with van der Waals surface area (Å²) < 4.78 is 46.3. The lowest BCUT2D eigenvalue weighted by Crippen LogP contribution is -2.41. The molecule has 2 aromatic carbocycles. The molecule has 1 aliphatic carbocycles. The molecule has 0 aromatic heterocycles. The van der Waals surface area contributed by atoms with Gasteiger partial charge in [0.1, 0.15) is 5.82 Å². The zero-order valence-electron chi connectivity index (χ0n) is 18.2. The zero-order valence-corrected chi connectivity index (χ0v) is 21.4. The van der Waals surface area contributed by atoms with Gasteiger partial charge in [-0.1, -0.05) is 30.3 Å². The van der Waals surface area contributed by atoms with Crippen LogP contribution in [0.15, 0.2) is 58.4 Å². The third kappa shape index (κ3) is 6.87. The van der Waals surface area contributed by atoms with E-state index in [0.29, 0.717) is 25.7 Å². The second-order valence-corrected chi connectivity index (χ2v) is 9.34. The van der Waals surface area contributed by atoms with E-state index in [1.165, 1.54) is 13.2 Å². The van der Waals surface area contributed by atoms with E-state index >= 15 is 0 Å². The average molecular weight is 576 g/mol. The number of aliphatic imine (C=N–C) groups is 1. The average Bonchev–Trinajstić information content (AvgIpc) is 3.55. The molecule has 1 fully saturated rings. The Morgan fingerprint density at radius 1 is 1.16 bits per heavy atom. The lowest BCUT2D eigenvalue weighted by atomic mass is 9.95. The van der Waals surface area contributed by atoms with E-state index in [4.69, 9.17) is 4.74 Å². The standard InChI is InChI=1S/C22H29FN4O3S.HI/c1-24-21(26-16-22(10-11-22)19-8-3-4-9-20(19)23)25-15-17-6-5-7-18(14-17)31(28,29)27-12-13-30-2;/h3-9,14,27H,10-13,15-16H2,1-2H3,(H2,24,25,26);1H. The first-order valence-corrected chi connectivity index (χ1v) is 11.7. The van der Waals surface area contributed by atoms with Gasteiger partial charge in [0.2, 0.25) is 10.0 Å². The fourth-order valence-corrected chi connectivity index (χ4v) is 4.51. The number of ether oxygens (including phenoxy) is 1. The van der Waals surface area contributed by atoms with Gasteiger partial charge < -0.3 is 15.4 Å². The molecule has 3 N–H and O–H groups in total. The largest absolute Gasteiger partial charge is 0.383 e. The Morgan fingerprint density at radius 3 is 2.56 bits per heavy atom. The summed E-state index contributed by atoms with van der Waals surface area (Å²) >= 11 is 0. The summed E-state index contributed by atoms with van der Waals surface area (Å²) in [5.74, 6) is 0.399. The molecule has 0 heterocycles. The number of guanidine groups is 1. The third-order valence-electron chi connectivity index (χ3n) is 5.38. The minimum absolute atomic E-state index is 0. The highest BCUT2D eigenvalue weighted by Gasteiger charge is 2.45. The lowest BCUT2D eigenvalue weighted by molar-refractivity contribution is 0.204. The molecule has 10 heteroatoms. The highest BCUT2D eigenvalue weighted by Crippen LogP contribution is 2.48. The van der Waals surface area contributed by atoms with Crippen LogP contribution in [0.1, 0.15) is 24.0 Å². The summed E-state index contributed by atoms with van der Waals surface area (Å²) in [5.41, 5.74) is 1.33. The number of hydrogen-bond acceptors (Lipinski definition) is 4. The Hall–Kier alpha value is -1.76. The second-order valence-electron chi connectivity index (χ2n) is 7.58. The van der Waals surface area contributed by atoms with E-state index in [9.17, 15) is 12.8 Å². The van der Waals surface area contributed by atoms with E-state index < -0.39 is 10.0 Å². The predicted molar refractivity (Wildman–Crippen MR) is 134 cm³/mol. The van der Waals surface area contributed by atoms with Crippen LogP contribution < -0.4 is 15.4 Å². The van der Waals surface area contributed by atoms with Crippen LogP contribution in [-0.4, -0.2) is 48.2 Å². The maximum absolute atomic E-state index is 14.2. The van der Waals surface area contributed by atoms with Crippen LogP contribution in [0.25, 0.3) is 0 Å². The summed E-state index contributed by atoms with van der Waals surface area (Å²) in [6, 6.07) is 13.6. The van der Waals surface area contributed by atoms with Crippen LogP contribution in [0.5, 0.6) is 0 Å². The summed E-state index contributed by atoms with van der Waals surface area (Å²) in [4.78, 5) is 4.42. The van der Waals surface area contributed by atoms with Crippen LogP contribution in [0.3, 0.4) is 0 Å². The van der Waals surface area contributed by atoms with Gasteiger partial charge in [0, 0.05) is 39.2 Å². The zero-order chi connectivity index (χ0) is 22.3. The number of halogens is 2. The monoisotopic (exact) mass is 576 g/mol. The molecule has 2 aromatic rings. The minimum atomic E-state index is -3.59. The summed E-state index contributed by atoms with van der Waals surface area (Å²) in [5, 5.41) is 6.47. The molecule has 0 unspecified atom stereocenters. The number of nitrogens with one attached hydrogen (secondary N) is 3. The summed E-state index contributed by atoms with van der Waals surface area (Å²) in [7, 11) is -0.412. The lowest BCUT2D eigenvalue weighted by Gasteiger charge is -2.19. The van der Waals surface area contributed by atoms with E-state index in [1.54, 1.807) is 31.3 Å². The number of methoxy groups -OCH3 is 1. The molecule has 0 spiro atoms. The molecule has 1 aliphatic rings. The molecule has 32 heavy (non-hydrogen) atoms. The van der Waals surface area contributed by atoms with Crippen molar-refractivity contribution < 1.29 is 17.5 Å². The van der Waals surface area contributed by atoms with Crippen molar-refractivity contribution >= 4 is 40.0 Å². The summed E-state index contributed by atoms with van der Waals surface area (Å²) in [6.45, 7) is 1.48. The first-order valence-electron chi connectivity index (χ1n) is 10.2. The molecule has 0 saturated heterocycles. The normalized spacial score (nSPS) is 15.0. The molecular weight excluding hydrogens is 546 g/mol. The maximum atomic E-state index is 14.2. The van der Waals surface area contributed by atoms with Crippen molar-refractivity contribution in [1.29, 1.82) is 0 Å². The summed E-state index contributed by atoms with van der Waals surface area (Å²) in [6.07, 6.45) is 1.85. The highest BCUT2D eigenvalue weighted by atomic mass is 127. The van der Waals surface area contributed by atoms with Gasteiger partial charge in [0.05, 0.1) is 11.5 Å². The van der Waals surface area contributed by atoms with E-state index in [-0.39, 0.29) is 46.6 Å². The van der Waals surface area contributed by atoms with Crippen molar-refractivity contribution in [3.8, 4) is 0 Å². The van der Waals surface area contributed by atoms with Gasteiger partial charge in [0.15, 0.2) is 5.96 Å². The first-order chi connectivity index (χ1) is 14.9. The van der Waals surface area contributed by atoms with Crippen LogP contribution in [0.4, 0.5) is 4.39 Å². The number of benzene rings is 2. The van der Waals surface area contributed by atoms with Crippen molar-refractivity contribution in [2.45, 2.75) is 29.7 Å². The molecule has 3 rings (SSSR count). The Bertz CT molecular complexity index is 1030. The predicted octanol–water partition coefficient (Wildman–Crippen LogP) is 2.77. The smallest absolute Gasteiger partial charge is 0.240 e. The Morgan fingerprint density at radius 2 is 1.91 bits per heavy atom. The van der Waals surface area contributed by atoms with Crippen molar-refractivity contribution in [1.82, 2.24) is 15.4 Å². The van der Waals surface area contributed by atoms with Crippen LogP contribution >= 0.6 is 24.0 Å². The fraction of sp³-hybridized carbons (Fsp3) is 0.409. The van der Waals surface area contributed by atoms with Crippen LogP contribution in [-0.2, 0) is 26.7 Å². The molecule has 0 radical (unpaired) electrons. The SMILES string of the molecule is CN=C(NCc1cccc(S(=O)(=O)NCCOC)c1)NCC1(c2ccccc2F)CC1.I. The Balaban J connectivity index is 0.00000363. The molecular formula is C22H30FIN4O3S. The molecule has 0 aliphatic heterocycles. The second kappa shape index (κ2) is 11.9. The van der Waals surface area contributed by atoms with Gasteiger partial charge >= 0.3 is 0 Å². The van der Waals surface area contributed by atoms with Gasteiger partial charge in [-0.25, -0.2) is 17.5 Å². The first kappa shape index (κ1) is 26.5.